The van der Waals surface area contributed by atoms with Crippen molar-refractivity contribution in [2.24, 2.45) is 5.92 Å². The number of aliphatic hydroxyl groups excluding tert-OH is 1. The van der Waals surface area contributed by atoms with Crippen molar-refractivity contribution in [1.82, 2.24) is 0 Å². The van der Waals surface area contributed by atoms with Crippen LogP contribution in [-0.4, -0.2) is 18.1 Å². The molecule has 0 radical (unpaired) electrons. The predicted molar refractivity (Wildman–Crippen MR) is 86.9 cm³/mol. The molecular weight excluding hydrogens is 278 g/mol. The van der Waals surface area contributed by atoms with Crippen LogP contribution < -0.4 is 10.1 Å². The highest BCUT2D eigenvalue weighted by Crippen LogP contribution is 2.17. The molecule has 0 spiro atoms. The second-order valence-corrected chi connectivity index (χ2v) is 5.30. The van der Waals surface area contributed by atoms with Crippen LogP contribution in [0.2, 0.25) is 0 Å². The van der Waals surface area contributed by atoms with Gasteiger partial charge in [-0.1, -0.05) is 31.2 Å². The molecule has 2 N–H and O–H groups in total. The number of benzene rings is 2. The lowest BCUT2D eigenvalue weighted by atomic mass is 10.00. The van der Waals surface area contributed by atoms with Gasteiger partial charge < -0.3 is 15.2 Å². The van der Waals surface area contributed by atoms with Crippen molar-refractivity contribution in [3.05, 3.63) is 59.7 Å². The summed E-state index contributed by atoms with van der Waals surface area (Å²) in [7, 11) is 1.63. The first kappa shape index (κ1) is 16.0. The molecule has 0 aromatic heterocycles. The Morgan fingerprint density at radius 1 is 1.18 bits per heavy atom. The zero-order valence-corrected chi connectivity index (χ0v) is 12.9. The average Bonchev–Trinajstić information content (AvgIpc) is 2.55. The summed E-state index contributed by atoms with van der Waals surface area (Å²) in [5, 5.41) is 12.0. The molecule has 2 aromatic rings. The normalized spacial score (nSPS) is 11.8. The van der Waals surface area contributed by atoms with Crippen LogP contribution in [0.15, 0.2) is 48.5 Å². The number of aliphatic hydroxyl groups is 1. The highest BCUT2D eigenvalue weighted by Gasteiger charge is 2.14. The lowest BCUT2D eigenvalue weighted by Gasteiger charge is -2.13. The average molecular weight is 299 g/mol. The van der Waals surface area contributed by atoms with E-state index >= 15 is 0 Å². The minimum Gasteiger partial charge on any atom is -0.497 e. The molecular formula is C18H21NO3. The number of carbonyl (C=O) groups is 1. The van der Waals surface area contributed by atoms with Gasteiger partial charge in [0.25, 0.3) is 0 Å². The molecule has 116 valence electrons. The molecule has 1 amide bonds. The highest BCUT2D eigenvalue weighted by atomic mass is 16.5. The first-order valence-electron chi connectivity index (χ1n) is 7.26. The van der Waals surface area contributed by atoms with Crippen molar-refractivity contribution in [2.45, 2.75) is 20.0 Å². The van der Waals surface area contributed by atoms with E-state index in [2.05, 4.69) is 5.32 Å². The fourth-order valence-electron chi connectivity index (χ4n) is 2.22. The maximum atomic E-state index is 12.2. The van der Waals surface area contributed by atoms with E-state index in [-0.39, 0.29) is 18.4 Å². The van der Waals surface area contributed by atoms with Gasteiger partial charge in [-0.05, 0) is 41.8 Å². The molecule has 1 unspecified atom stereocenters. The summed E-state index contributed by atoms with van der Waals surface area (Å²) in [6.07, 6.45) is 0.662. The number of ether oxygens (including phenoxy) is 1. The Kier molecular flexibility index (Phi) is 5.55. The first-order valence-corrected chi connectivity index (χ1v) is 7.26. The molecule has 4 heteroatoms. The Morgan fingerprint density at radius 3 is 2.55 bits per heavy atom. The molecule has 4 nitrogen and oxygen atoms in total. The minimum atomic E-state index is -0.147. The lowest BCUT2D eigenvalue weighted by molar-refractivity contribution is -0.119. The number of rotatable bonds is 6. The number of carbonyl (C=O) groups excluding carboxylic acids is 1. The quantitative estimate of drug-likeness (QED) is 0.862. The van der Waals surface area contributed by atoms with Crippen molar-refractivity contribution in [3.8, 4) is 5.75 Å². The summed E-state index contributed by atoms with van der Waals surface area (Å²) in [6.45, 7) is 1.86. The Hall–Kier alpha value is -2.33. The number of nitrogens with one attached hydrogen (secondary N) is 1. The molecule has 2 aromatic carbocycles. The van der Waals surface area contributed by atoms with E-state index in [0.29, 0.717) is 12.1 Å². The van der Waals surface area contributed by atoms with Gasteiger partial charge in [-0.25, -0.2) is 0 Å². The lowest BCUT2D eigenvalue weighted by Crippen LogP contribution is -2.22. The third kappa shape index (κ3) is 4.33. The minimum absolute atomic E-state index is 0.0362. The second-order valence-electron chi connectivity index (χ2n) is 5.30. The topological polar surface area (TPSA) is 58.6 Å². The zero-order chi connectivity index (χ0) is 15.9. The van der Waals surface area contributed by atoms with Crippen LogP contribution >= 0.6 is 0 Å². The Labute approximate surface area is 130 Å². The molecule has 0 heterocycles. The maximum Gasteiger partial charge on any atom is 0.227 e. The van der Waals surface area contributed by atoms with Gasteiger partial charge in [0.15, 0.2) is 0 Å². The van der Waals surface area contributed by atoms with Crippen molar-refractivity contribution in [1.29, 1.82) is 0 Å². The third-order valence-corrected chi connectivity index (χ3v) is 3.53. The fraction of sp³-hybridized carbons (Fsp3) is 0.278. The van der Waals surface area contributed by atoms with Crippen LogP contribution in [0.1, 0.15) is 18.1 Å². The summed E-state index contributed by atoms with van der Waals surface area (Å²) in [6, 6.07) is 14.9. The zero-order valence-electron chi connectivity index (χ0n) is 12.9. The van der Waals surface area contributed by atoms with Crippen LogP contribution in [0.3, 0.4) is 0 Å². The van der Waals surface area contributed by atoms with Gasteiger partial charge in [-0.15, -0.1) is 0 Å². The second kappa shape index (κ2) is 7.61. The van der Waals surface area contributed by atoms with Crippen molar-refractivity contribution < 1.29 is 14.6 Å². The van der Waals surface area contributed by atoms with E-state index in [9.17, 15) is 4.79 Å². The number of amides is 1. The van der Waals surface area contributed by atoms with Crippen LogP contribution in [0, 0.1) is 5.92 Å². The summed E-state index contributed by atoms with van der Waals surface area (Å²) in [5.41, 5.74) is 2.58. The van der Waals surface area contributed by atoms with Crippen molar-refractivity contribution in [2.75, 3.05) is 12.4 Å². The van der Waals surface area contributed by atoms with Gasteiger partial charge in [0.2, 0.25) is 5.91 Å². The van der Waals surface area contributed by atoms with Gasteiger partial charge in [0.1, 0.15) is 5.75 Å². The molecule has 0 aliphatic heterocycles. The van der Waals surface area contributed by atoms with Crippen molar-refractivity contribution in [3.63, 3.8) is 0 Å². The summed E-state index contributed by atoms with van der Waals surface area (Å²) in [4.78, 5) is 12.2. The van der Waals surface area contributed by atoms with E-state index in [1.807, 2.05) is 49.4 Å². The predicted octanol–water partition coefficient (Wildman–Crippen LogP) is 3.00. The van der Waals surface area contributed by atoms with E-state index in [4.69, 9.17) is 9.84 Å². The van der Waals surface area contributed by atoms with Gasteiger partial charge in [0, 0.05) is 11.6 Å². The third-order valence-electron chi connectivity index (χ3n) is 3.53. The largest absolute Gasteiger partial charge is 0.497 e. The molecule has 2 rings (SSSR count). The van der Waals surface area contributed by atoms with E-state index < -0.39 is 0 Å². The summed E-state index contributed by atoms with van der Waals surface area (Å²) >= 11 is 0. The van der Waals surface area contributed by atoms with E-state index in [1.54, 1.807) is 13.2 Å². The first-order chi connectivity index (χ1) is 10.6. The maximum absolute atomic E-state index is 12.2. The molecule has 0 fully saturated rings. The number of anilines is 1. The van der Waals surface area contributed by atoms with E-state index in [1.165, 1.54) is 0 Å². The van der Waals surface area contributed by atoms with Crippen LogP contribution in [0.25, 0.3) is 0 Å². The summed E-state index contributed by atoms with van der Waals surface area (Å²) in [5.74, 6) is 0.624. The highest BCUT2D eigenvalue weighted by molar-refractivity contribution is 5.92. The Balaban J connectivity index is 1.96. The van der Waals surface area contributed by atoms with Gasteiger partial charge >= 0.3 is 0 Å². The van der Waals surface area contributed by atoms with Crippen LogP contribution in [0.4, 0.5) is 5.69 Å². The SMILES string of the molecule is COc1ccc(CC(C)C(=O)Nc2cccc(CO)c2)cc1. The number of hydrogen-bond donors (Lipinski definition) is 2. The van der Waals surface area contributed by atoms with Gasteiger partial charge in [-0.3, -0.25) is 4.79 Å². The smallest absolute Gasteiger partial charge is 0.227 e. The van der Waals surface area contributed by atoms with Gasteiger partial charge in [0.05, 0.1) is 13.7 Å². The molecule has 1 atom stereocenters. The van der Waals surface area contributed by atoms with Crippen molar-refractivity contribution >= 4 is 11.6 Å². The molecule has 0 bridgehead atoms. The number of hydrogen-bond acceptors (Lipinski definition) is 3. The Morgan fingerprint density at radius 2 is 1.91 bits per heavy atom. The molecule has 22 heavy (non-hydrogen) atoms. The molecule has 0 aliphatic rings. The number of methoxy groups -OCH3 is 1. The standard InChI is InChI=1S/C18H21NO3/c1-13(10-14-6-8-17(22-2)9-7-14)18(21)19-16-5-3-4-15(11-16)12-20/h3-9,11,13,20H,10,12H2,1-2H3,(H,19,21). The van der Waals surface area contributed by atoms with Crippen LogP contribution in [0.5, 0.6) is 5.75 Å². The monoisotopic (exact) mass is 299 g/mol. The summed E-state index contributed by atoms with van der Waals surface area (Å²) < 4.78 is 5.12. The molecule has 0 saturated heterocycles. The van der Waals surface area contributed by atoms with Crippen LogP contribution in [-0.2, 0) is 17.8 Å². The Bertz CT molecular complexity index is 622. The van der Waals surface area contributed by atoms with Gasteiger partial charge in [-0.2, -0.15) is 0 Å². The molecule has 0 aliphatic carbocycles. The molecule has 0 saturated carbocycles. The van der Waals surface area contributed by atoms with E-state index in [0.717, 1.165) is 16.9 Å². The fourth-order valence-corrected chi connectivity index (χ4v) is 2.22.